The molecule has 4 heteroatoms. The summed E-state index contributed by atoms with van der Waals surface area (Å²) in [6.45, 7) is 6.10. The summed E-state index contributed by atoms with van der Waals surface area (Å²) >= 11 is 0. The van der Waals surface area contributed by atoms with Gasteiger partial charge in [-0.3, -0.25) is 0 Å². The Balaban J connectivity index is 2.39. The van der Waals surface area contributed by atoms with Crippen LogP contribution in [0.4, 0.5) is 17.6 Å². The highest BCUT2D eigenvalue weighted by molar-refractivity contribution is 5.71. The zero-order valence-corrected chi connectivity index (χ0v) is 14.0. The molecule has 0 saturated carbocycles. The monoisotopic (exact) mass is 346 g/mol. The number of aryl methyl sites for hydroxylation is 1. The first-order valence-electron chi connectivity index (χ1n) is 7.72. The topological polar surface area (TPSA) is 0 Å². The zero-order chi connectivity index (χ0) is 18.6. The molecule has 0 unspecified atom stereocenters. The molecule has 0 nitrogen and oxygen atoms in total. The molecule has 0 amide bonds. The van der Waals surface area contributed by atoms with Crippen molar-refractivity contribution in [3.63, 3.8) is 0 Å². The van der Waals surface area contributed by atoms with Crippen molar-refractivity contribution in [3.8, 4) is 0 Å². The predicted octanol–water partition coefficient (Wildman–Crippen LogP) is 7.14. The van der Waals surface area contributed by atoms with E-state index in [1.54, 1.807) is 6.08 Å². The van der Waals surface area contributed by atoms with Gasteiger partial charge in [-0.15, -0.1) is 0 Å². The highest BCUT2D eigenvalue weighted by Gasteiger charge is 2.13. The molecular formula is C21H18F4. The van der Waals surface area contributed by atoms with Crippen molar-refractivity contribution in [1.82, 2.24) is 0 Å². The van der Waals surface area contributed by atoms with Crippen LogP contribution in [-0.2, 0) is 0 Å². The third-order valence-electron chi connectivity index (χ3n) is 3.85. The normalized spacial score (nSPS) is 16.4. The van der Waals surface area contributed by atoms with Crippen LogP contribution < -0.4 is 0 Å². The molecule has 1 aromatic rings. The Hall–Kier alpha value is -2.62. The lowest BCUT2D eigenvalue weighted by Crippen LogP contribution is -1.88. The van der Waals surface area contributed by atoms with Crippen molar-refractivity contribution in [3.05, 3.63) is 101 Å². The van der Waals surface area contributed by atoms with Crippen LogP contribution in [-0.4, -0.2) is 0 Å². The van der Waals surface area contributed by atoms with E-state index >= 15 is 0 Å². The summed E-state index contributed by atoms with van der Waals surface area (Å²) < 4.78 is 53.7. The summed E-state index contributed by atoms with van der Waals surface area (Å²) in [4.78, 5) is 0. The maximum absolute atomic E-state index is 14.3. The predicted molar refractivity (Wildman–Crippen MR) is 94.3 cm³/mol. The van der Waals surface area contributed by atoms with Crippen molar-refractivity contribution in [2.75, 3.05) is 0 Å². The van der Waals surface area contributed by atoms with E-state index in [0.29, 0.717) is 6.42 Å². The molecule has 25 heavy (non-hydrogen) atoms. The lowest BCUT2D eigenvalue weighted by atomic mass is 10.0. The fraction of sp³-hybridized carbons (Fsp3) is 0.143. The molecule has 0 fully saturated rings. The second-order valence-electron chi connectivity index (χ2n) is 5.79. The van der Waals surface area contributed by atoms with E-state index in [9.17, 15) is 17.6 Å². The molecule has 0 heterocycles. The fourth-order valence-corrected chi connectivity index (χ4v) is 2.40. The first kappa shape index (κ1) is 18.7. The van der Waals surface area contributed by atoms with Crippen LogP contribution in [0, 0.1) is 6.92 Å². The van der Waals surface area contributed by atoms with E-state index < -0.39 is 23.3 Å². The maximum Gasteiger partial charge on any atom is 0.193 e. The molecule has 1 aliphatic carbocycles. The van der Waals surface area contributed by atoms with Crippen molar-refractivity contribution in [2.24, 2.45) is 0 Å². The third-order valence-corrected chi connectivity index (χ3v) is 3.85. The molecule has 0 aliphatic heterocycles. The molecular weight excluding hydrogens is 328 g/mol. The smallest absolute Gasteiger partial charge is 0.193 e. The number of hydrogen-bond acceptors (Lipinski definition) is 0. The van der Waals surface area contributed by atoms with Gasteiger partial charge >= 0.3 is 0 Å². The minimum absolute atomic E-state index is 0.120. The highest BCUT2D eigenvalue weighted by Crippen LogP contribution is 2.30. The summed E-state index contributed by atoms with van der Waals surface area (Å²) in [6, 6.07) is 7.81. The van der Waals surface area contributed by atoms with Gasteiger partial charge in [-0.2, -0.15) is 0 Å². The number of rotatable bonds is 4. The molecule has 0 atom stereocenters. The van der Waals surface area contributed by atoms with Gasteiger partial charge in [0.2, 0.25) is 0 Å². The molecule has 0 saturated heterocycles. The Morgan fingerprint density at radius 1 is 1.08 bits per heavy atom. The first-order chi connectivity index (χ1) is 11.8. The average molecular weight is 346 g/mol. The Bertz CT molecular complexity index is 831. The van der Waals surface area contributed by atoms with Gasteiger partial charge in [-0.25, -0.2) is 17.6 Å². The molecule has 0 N–H and O–H groups in total. The number of halogens is 4. The lowest BCUT2D eigenvalue weighted by molar-refractivity contribution is 0.505. The number of hydrogen-bond donors (Lipinski definition) is 0. The van der Waals surface area contributed by atoms with Crippen LogP contribution >= 0.6 is 0 Å². The van der Waals surface area contributed by atoms with E-state index in [1.165, 1.54) is 19.1 Å². The minimum Gasteiger partial charge on any atom is -0.207 e. The van der Waals surface area contributed by atoms with Crippen LogP contribution in [0.1, 0.15) is 24.5 Å². The van der Waals surface area contributed by atoms with Crippen molar-refractivity contribution in [1.29, 1.82) is 0 Å². The van der Waals surface area contributed by atoms with Gasteiger partial charge in [0, 0.05) is 5.57 Å². The van der Waals surface area contributed by atoms with E-state index in [0.717, 1.165) is 22.8 Å². The van der Waals surface area contributed by atoms with Gasteiger partial charge < -0.3 is 0 Å². The maximum atomic E-state index is 14.3. The van der Waals surface area contributed by atoms with Crippen LogP contribution in [0.15, 0.2) is 89.6 Å². The molecule has 1 aliphatic rings. The van der Waals surface area contributed by atoms with Gasteiger partial charge in [0.15, 0.2) is 17.5 Å². The minimum atomic E-state index is -1.69. The summed E-state index contributed by atoms with van der Waals surface area (Å²) in [5.74, 6) is -5.16. The van der Waals surface area contributed by atoms with Crippen LogP contribution in [0.25, 0.3) is 5.57 Å². The first-order valence-corrected chi connectivity index (χ1v) is 7.72. The van der Waals surface area contributed by atoms with Gasteiger partial charge in [-0.05, 0) is 49.1 Å². The van der Waals surface area contributed by atoms with Crippen LogP contribution in [0.5, 0.6) is 0 Å². The van der Waals surface area contributed by atoms with Crippen molar-refractivity contribution >= 4 is 5.57 Å². The fourth-order valence-electron chi connectivity index (χ4n) is 2.40. The van der Waals surface area contributed by atoms with Gasteiger partial charge in [0.25, 0.3) is 0 Å². The number of benzene rings is 1. The van der Waals surface area contributed by atoms with E-state index in [-0.39, 0.29) is 11.1 Å². The molecule has 0 bridgehead atoms. The highest BCUT2D eigenvalue weighted by atomic mass is 19.2. The van der Waals surface area contributed by atoms with E-state index in [4.69, 9.17) is 0 Å². The second kappa shape index (κ2) is 7.97. The Kier molecular flexibility index (Phi) is 5.97. The molecule has 0 radical (unpaired) electrons. The second-order valence-corrected chi connectivity index (χ2v) is 5.79. The molecule has 2 rings (SSSR count). The van der Waals surface area contributed by atoms with Crippen molar-refractivity contribution < 1.29 is 17.6 Å². The Morgan fingerprint density at radius 3 is 2.32 bits per heavy atom. The molecule has 0 aromatic heterocycles. The zero-order valence-electron chi connectivity index (χ0n) is 14.0. The summed E-state index contributed by atoms with van der Waals surface area (Å²) in [5.41, 5.74) is 3.24. The summed E-state index contributed by atoms with van der Waals surface area (Å²) in [7, 11) is 0. The molecule has 130 valence electrons. The van der Waals surface area contributed by atoms with Crippen LogP contribution in [0.3, 0.4) is 0 Å². The SMILES string of the molecule is C=C(F)/C(F)=C(F)\C=C(/C)C1=CC=C(c2ccc(C)cc2)CC=C1F. The van der Waals surface area contributed by atoms with E-state index in [1.807, 2.05) is 31.2 Å². The summed E-state index contributed by atoms with van der Waals surface area (Å²) in [5, 5.41) is 0. The Labute approximate surface area is 144 Å². The van der Waals surface area contributed by atoms with Gasteiger partial charge in [-0.1, -0.05) is 48.6 Å². The standard InChI is InChI=1S/C21H18F4/c1-13-4-6-16(7-5-13)17-8-10-18(19(23)11-9-17)14(2)12-20(24)21(25)15(3)22/h4-8,10-12H,3,9H2,1-2H3/b14-12+,21-20-. The summed E-state index contributed by atoms with van der Waals surface area (Å²) in [6.07, 6.45) is 5.76. The quantitative estimate of drug-likeness (QED) is 0.401. The van der Waals surface area contributed by atoms with Gasteiger partial charge in [0.05, 0.1) is 0 Å². The van der Waals surface area contributed by atoms with Gasteiger partial charge in [0.1, 0.15) is 5.83 Å². The number of allylic oxidation sites excluding steroid dienone is 11. The molecule has 1 aromatic carbocycles. The van der Waals surface area contributed by atoms with Crippen molar-refractivity contribution in [2.45, 2.75) is 20.3 Å². The average Bonchev–Trinajstić information content (AvgIpc) is 2.76. The van der Waals surface area contributed by atoms with Crippen LogP contribution in [0.2, 0.25) is 0 Å². The third kappa shape index (κ3) is 4.69. The Morgan fingerprint density at radius 2 is 1.72 bits per heavy atom. The van der Waals surface area contributed by atoms with E-state index in [2.05, 4.69) is 6.58 Å². The lowest BCUT2D eigenvalue weighted by Gasteiger charge is -2.04. The largest absolute Gasteiger partial charge is 0.207 e. The molecule has 0 spiro atoms.